The quantitative estimate of drug-likeness (QED) is 0.737. The van der Waals surface area contributed by atoms with E-state index in [2.05, 4.69) is 24.1 Å². The van der Waals surface area contributed by atoms with Crippen molar-refractivity contribution in [2.24, 2.45) is 5.92 Å². The molecule has 0 amide bonds. The first-order valence-corrected chi connectivity index (χ1v) is 5.96. The average molecular weight is 222 g/mol. The summed E-state index contributed by atoms with van der Waals surface area (Å²) in [5.74, 6) is 0.611. The maximum Gasteiger partial charge on any atom is 0.0584 e. The molecule has 3 nitrogen and oxygen atoms in total. The number of hydrogen-bond acceptors (Lipinski definition) is 3. The smallest absolute Gasteiger partial charge is 0.0584 e. The highest BCUT2D eigenvalue weighted by Crippen LogP contribution is 2.04. The Balaban J connectivity index is 2.23. The van der Waals surface area contributed by atoms with Gasteiger partial charge in [-0.15, -0.1) is 0 Å². The van der Waals surface area contributed by atoms with Gasteiger partial charge in [0, 0.05) is 30.9 Å². The molecule has 3 heteroatoms. The lowest BCUT2D eigenvalue weighted by molar-refractivity contribution is 0.225. The van der Waals surface area contributed by atoms with Crippen molar-refractivity contribution >= 4 is 0 Å². The maximum absolute atomic E-state index is 9.19. The summed E-state index contributed by atoms with van der Waals surface area (Å²) >= 11 is 0. The van der Waals surface area contributed by atoms with Crippen LogP contribution in [-0.2, 0) is 6.42 Å². The van der Waals surface area contributed by atoms with E-state index >= 15 is 0 Å². The summed E-state index contributed by atoms with van der Waals surface area (Å²) in [6.45, 7) is 5.42. The van der Waals surface area contributed by atoms with Gasteiger partial charge in [-0.05, 0) is 24.5 Å². The molecule has 0 saturated heterocycles. The molecular weight excluding hydrogens is 200 g/mol. The molecule has 0 spiro atoms. The fourth-order valence-corrected chi connectivity index (χ4v) is 1.74. The van der Waals surface area contributed by atoms with E-state index in [9.17, 15) is 5.11 Å². The summed E-state index contributed by atoms with van der Waals surface area (Å²) in [5.41, 5.74) is 1.09. The molecule has 0 aromatic carbocycles. The van der Waals surface area contributed by atoms with E-state index in [0.29, 0.717) is 5.92 Å². The van der Waals surface area contributed by atoms with Crippen molar-refractivity contribution in [2.75, 3.05) is 13.2 Å². The minimum Gasteiger partial charge on any atom is -0.395 e. The van der Waals surface area contributed by atoms with E-state index in [1.54, 1.807) is 0 Å². The molecule has 0 saturated carbocycles. The first-order valence-electron chi connectivity index (χ1n) is 5.96. The van der Waals surface area contributed by atoms with Gasteiger partial charge in [-0.3, -0.25) is 4.98 Å². The van der Waals surface area contributed by atoms with Crippen LogP contribution in [0.15, 0.2) is 24.4 Å². The van der Waals surface area contributed by atoms with Crippen LogP contribution < -0.4 is 5.32 Å². The zero-order chi connectivity index (χ0) is 11.8. The highest BCUT2D eigenvalue weighted by Gasteiger charge is 2.08. The summed E-state index contributed by atoms with van der Waals surface area (Å²) < 4.78 is 0. The van der Waals surface area contributed by atoms with Crippen molar-refractivity contribution in [1.82, 2.24) is 10.3 Å². The summed E-state index contributed by atoms with van der Waals surface area (Å²) in [7, 11) is 0. The average Bonchev–Trinajstić information content (AvgIpc) is 2.28. The fourth-order valence-electron chi connectivity index (χ4n) is 1.74. The monoisotopic (exact) mass is 222 g/mol. The molecule has 16 heavy (non-hydrogen) atoms. The summed E-state index contributed by atoms with van der Waals surface area (Å²) in [6.07, 6.45) is 3.74. The molecule has 0 radical (unpaired) electrons. The third-order valence-corrected chi connectivity index (χ3v) is 2.52. The van der Waals surface area contributed by atoms with Gasteiger partial charge in [-0.25, -0.2) is 0 Å². The predicted molar refractivity (Wildman–Crippen MR) is 66.3 cm³/mol. The van der Waals surface area contributed by atoms with Crippen molar-refractivity contribution in [3.05, 3.63) is 30.1 Å². The van der Waals surface area contributed by atoms with E-state index in [1.165, 1.54) is 0 Å². The first kappa shape index (κ1) is 13.1. The molecule has 1 rings (SSSR count). The number of pyridine rings is 1. The standard InChI is InChI=1S/C13H22N2O/c1-11(2)9-13(10-16)15-8-6-12-5-3-4-7-14-12/h3-5,7,11,13,15-16H,6,8-10H2,1-2H3. The fraction of sp³-hybridized carbons (Fsp3) is 0.615. The van der Waals surface area contributed by atoms with Crippen LogP contribution in [0.4, 0.5) is 0 Å². The van der Waals surface area contributed by atoms with E-state index < -0.39 is 0 Å². The van der Waals surface area contributed by atoms with Crippen molar-refractivity contribution in [2.45, 2.75) is 32.7 Å². The summed E-state index contributed by atoms with van der Waals surface area (Å²) in [5, 5.41) is 12.6. The Morgan fingerprint density at radius 1 is 1.38 bits per heavy atom. The first-order chi connectivity index (χ1) is 7.72. The number of hydrogen-bond donors (Lipinski definition) is 2. The lowest BCUT2D eigenvalue weighted by Gasteiger charge is -2.17. The molecule has 1 atom stereocenters. The summed E-state index contributed by atoms with van der Waals surface area (Å²) in [4.78, 5) is 4.26. The molecule has 90 valence electrons. The van der Waals surface area contributed by atoms with Gasteiger partial charge in [0.25, 0.3) is 0 Å². The second kappa shape index (κ2) is 7.36. The van der Waals surface area contributed by atoms with Crippen molar-refractivity contribution < 1.29 is 5.11 Å². The minimum atomic E-state index is 0.209. The normalized spacial score (nSPS) is 13.0. The van der Waals surface area contributed by atoms with E-state index in [0.717, 1.165) is 25.1 Å². The van der Waals surface area contributed by atoms with Gasteiger partial charge in [-0.2, -0.15) is 0 Å². The molecule has 1 aromatic rings. The lowest BCUT2D eigenvalue weighted by atomic mass is 10.0. The largest absolute Gasteiger partial charge is 0.395 e. The number of nitrogens with zero attached hydrogens (tertiary/aromatic N) is 1. The van der Waals surface area contributed by atoms with Gasteiger partial charge in [0.1, 0.15) is 0 Å². The van der Waals surface area contributed by atoms with Gasteiger partial charge in [0.15, 0.2) is 0 Å². The van der Waals surface area contributed by atoms with Crippen molar-refractivity contribution in [3.8, 4) is 0 Å². The molecule has 0 aliphatic heterocycles. The van der Waals surface area contributed by atoms with E-state index in [4.69, 9.17) is 0 Å². The van der Waals surface area contributed by atoms with Crippen LogP contribution in [0.3, 0.4) is 0 Å². The van der Waals surface area contributed by atoms with Crippen molar-refractivity contribution in [3.63, 3.8) is 0 Å². The predicted octanol–water partition coefficient (Wildman–Crippen LogP) is 1.62. The maximum atomic E-state index is 9.19. The molecule has 1 unspecified atom stereocenters. The number of rotatable bonds is 7. The topological polar surface area (TPSA) is 45.1 Å². The molecule has 2 N–H and O–H groups in total. The highest BCUT2D eigenvalue weighted by atomic mass is 16.3. The summed E-state index contributed by atoms with van der Waals surface area (Å²) in [6, 6.07) is 6.16. The number of aliphatic hydroxyl groups is 1. The zero-order valence-corrected chi connectivity index (χ0v) is 10.2. The Morgan fingerprint density at radius 3 is 2.75 bits per heavy atom. The van der Waals surface area contributed by atoms with Gasteiger partial charge >= 0.3 is 0 Å². The van der Waals surface area contributed by atoms with Crippen LogP contribution in [-0.4, -0.2) is 29.3 Å². The lowest BCUT2D eigenvalue weighted by Crippen LogP contribution is -2.35. The second-order valence-corrected chi connectivity index (χ2v) is 4.53. The molecule has 0 aliphatic carbocycles. The van der Waals surface area contributed by atoms with Gasteiger partial charge in [0.05, 0.1) is 6.61 Å². The highest BCUT2D eigenvalue weighted by molar-refractivity contribution is 5.03. The van der Waals surface area contributed by atoms with E-state index in [-0.39, 0.29) is 12.6 Å². The van der Waals surface area contributed by atoms with E-state index in [1.807, 2.05) is 24.4 Å². The van der Waals surface area contributed by atoms with Gasteiger partial charge in [0.2, 0.25) is 0 Å². The number of aliphatic hydroxyl groups excluding tert-OH is 1. The van der Waals surface area contributed by atoms with Crippen LogP contribution in [0.25, 0.3) is 0 Å². The number of nitrogens with one attached hydrogen (secondary N) is 1. The van der Waals surface area contributed by atoms with Crippen molar-refractivity contribution in [1.29, 1.82) is 0 Å². The van der Waals surface area contributed by atoms with Crippen LogP contribution >= 0.6 is 0 Å². The Labute approximate surface area is 97.9 Å². The molecule has 0 fully saturated rings. The third-order valence-electron chi connectivity index (χ3n) is 2.52. The van der Waals surface area contributed by atoms with Gasteiger partial charge < -0.3 is 10.4 Å². The van der Waals surface area contributed by atoms with Crippen LogP contribution in [0.5, 0.6) is 0 Å². The third kappa shape index (κ3) is 5.24. The second-order valence-electron chi connectivity index (χ2n) is 4.53. The zero-order valence-electron chi connectivity index (χ0n) is 10.2. The minimum absolute atomic E-state index is 0.209. The van der Waals surface area contributed by atoms with Crippen LogP contribution in [0, 0.1) is 5.92 Å². The van der Waals surface area contributed by atoms with Gasteiger partial charge in [-0.1, -0.05) is 19.9 Å². The molecule has 1 aromatic heterocycles. The molecular formula is C13H22N2O. The van der Waals surface area contributed by atoms with Crippen LogP contribution in [0.1, 0.15) is 26.0 Å². The molecule has 0 bridgehead atoms. The SMILES string of the molecule is CC(C)CC(CO)NCCc1ccccn1. The number of aromatic nitrogens is 1. The Hall–Kier alpha value is -0.930. The van der Waals surface area contributed by atoms with Crippen LogP contribution in [0.2, 0.25) is 0 Å². The Bertz CT molecular complexity index is 275. The molecule has 0 aliphatic rings. The molecule has 1 heterocycles. The Morgan fingerprint density at radius 2 is 2.19 bits per heavy atom. The Kier molecular flexibility index (Phi) is 6.04.